The molecular formula is C15H23N3O3S. The minimum atomic E-state index is -3.23. The molecule has 0 saturated carbocycles. The van der Waals surface area contributed by atoms with Crippen LogP contribution in [0, 0.1) is 12.8 Å². The number of sulfonamides is 1. The zero-order chi connectivity index (χ0) is 16.3. The van der Waals surface area contributed by atoms with Crippen LogP contribution in [0.4, 0.5) is 0 Å². The maximum absolute atomic E-state index is 12.3. The predicted molar refractivity (Wildman–Crippen MR) is 85.0 cm³/mol. The summed E-state index contributed by atoms with van der Waals surface area (Å²) in [7, 11) is -3.23. The Bertz CT molecular complexity index is 645. The van der Waals surface area contributed by atoms with Gasteiger partial charge in [0.1, 0.15) is 5.69 Å². The summed E-state index contributed by atoms with van der Waals surface area (Å²) in [4.78, 5) is 16.5. The van der Waals surface area contributed by atoms with Crippen molar-refractivity contribution >= 4 is 15.9 Å². The van der Waals surface area contributed by atoms with Gasteiger partial charge >= 0.3 is 0 Å². The third-order valence-corrected chi connectivity index (χ3v) is 5.21. The second kappa shape index (κ2) is 6.75. The fraction of sp³-hybridized carbons (Fsp3) is 0.600. The second-order valence-corrected chi connectivity index (χ2v) is 7.86. The van der Waals surface area contributed by atoms with Gasteiger partial charge in [-0.15, -0.1) is 0 Å². The van der Waals surface area contributed by atoms with Crippen LogP contribution in [0.25, 0.3) is 0 Å². The van der Waals surface area contributed by atoms with Gasteiger partial charge in [0.15, 0.2) is 0 Å². The van der Waals surface area contributed by atoms with Gasteiger partial charge in [0.25, 0.3) is 5.91 Å². The van der Waals surface area contributed by atoms with Crippen molar-refractivity contribution in [1.29, 1.82) is 0 Å². The quantitative estimate of drug-likeness (QED) is 0.881. The van der Waals surface area contributed by atoms with Crippen molar-refractivity contribution in [3.8, 4) is 0 Å². The van der Waals surface area contributed by atoms with Crippen LogP contribution in [0.2, 0.25) is 0 Å². The Labute approximate surface area is 132 Å². The third kappa shape index (κ3) is 4.04. The number of aromatic nitrogens is 1. The molecule has 0 aliphatic carbocycles. The number of hydrogen-bond donors (Lipinski definition) is 1. The molecule has 0 aromatic carbocycles. The number of nitrogens with zero attached hydrogens (tertiary/aromatic N) is 2. The summed E-state index contributed by atoms with van der Waals surface area (Å²) in [6.07, 6.45) is 3.05. The molecule has 22 heavy (non-hydrogen) atoms. The lowest BCUT2D eigenvalue weighted by Gasteiger charge is -2.19. The normalized spacial score (nSPS) is 22.7. The molecule has 2 heterocycles. The standard InChI is InChI=1S/C15H23N3O3S/c1-4-6-12-9-18(22(3,20)21)10-14(12)17-15(19)13-8-5-7-11(2)16-13/h5,7-8,12,14H,4,6,9-10H2,1-3H3,(H,17,19)/t12-,14-/m1/s1. The summed E-state index contributed by atoms with van der Waals surface area (Å²) in [5, 5.41) is 2.95. The van der Waals surface area contributed by atoms with Gasteiger partial charge in [-0.25, -0.2) is 13.4 Å². The Kier molecular flexibility index (Phi) is 5.18. The Balaban J connectivity index is 2.10. The highest BCUT2D eigenvalue weighted by molar-refractivity contribution is 7.88. The molecule has 0 spiro atoms. The average molecular weight is 325 g/mol. The largest absolute Gasteiger partial charge is 0.346 e. The molecule has 2 rings (SSSR count). The molecule has 1 amide bonds. The van der Waals surface area contributed by atoms with Crippen LogP contribution < -0.4 is 5.32 Å². The summed E-state index contributed by atoms with van der Waals surface area (Å²) in [6, 6.07) is 5.13. The monoisotopic (exact) mass is 325 g/mol. The number of hydrogen-bond acceptors (Lipinski definition) is 4. The lowest BCUT2D eigenvalue weighted by Crippen LogP contribution is -2.41. The van der Waals surface area contributed by atoms with E-state index in [-0.39, 0.29) is 17.9 Å². The molecular weight excluding hydrogens is 302 g/mol. The van der Waals surface area contributed by atoms with Crippen LogP contribution >= 0.6 is 0 Å². The van der Waals surface area contributed by atoms with Crippen molar-refractivity contribution in [1.82, 2.24) is 14.6 Å². The van der Waals surface area contributed by atoms with E-state index in [0.29, 0.717) is 18.8 Å². The van der Waals surface area contributed by atoms with E-state index in [0.717, 1.165) is 18.5 Å². The van der Waals surface area contributed by atoms with E-state index in [1.807, 2.05) is 13.0 Å². The SMILES string of the molecule is CCC[C@@H]1CN(S(C)(=O)=O)C[C@H]1NC(=O)c1cccc(C)n1. The molecule has 0 radical (unpaired) electrons. The highest BCUT2D eigenvalue weighted by atomic mass is 32.2. The molecule has 1 saturated heterocycles. The number of amides is 1. The van der Waals surface area contributed by atoms with Crippen molar-refractivity contribution in [3.63, 3.8) is 0 Å². The van der Waals surface area contributed by atoms with Gasteiger partial charge in [-0.1, -0.05) is 19.4 Å². The molecule has 1 aromatic heterocycles. The first-order valence-electron chi connectivity index (χ1n) is 7.51. The minimum Gasteiger partial charge on any atom is -0.346 e. The van der Waals surface area contributed by atoms with Crippen LogP contribution in [0.5, 0.6) is 0 Å². The molecule has 1 N–H and O–H groups in total. The summed E-state index contributed by atoms with van der Waals surface area (Å²) in [5.41, 5.74) is 1.15. The maximum atomic E-state index is 12.3. The van der Waals surface area contributed by atoms with Crippen molar-refractivity contribution in [3.05, 3.63) is 29.6 Å². The van der Waals surface area contributed by atoms with E-state index < -0.39 is 10.0 Å². The molecule has 6 nitrogen and oxygen atoms in total. The van der Waals surface area contributed by atoms with Gasteiger partial charge in [0.2, 0.25) is 10.0 Å². The number of pyridine rings is 1. The summed E-state index contributed by atoms with van der Waals surface area (Å²) in [6.45, 7) is 4.70. The van der Waals surface area contributed by atoms with Crippen LogP contribution in [0.15, 0.2) is 18.2 Å². The zero-order valence-electron chi connectivity index (χ0n) is 13.2. The van der Waals surface area contributed by atoms with E-state index in [9.17, 15) is 13.2 Å². The minimum absolute atomic E-state index is 0.147. The fourth-order valence-electron chi connectivity index (χ4n) is 2.84. The van der Waals surface area contributed by atoms with Gasteiger partial charge in [0, 0.05) is 24.8 Å². The Morgan fingerprint density at radius 3 is 2.73 bits per heavy atom. The number of aryl methyl sites for hydroxylation is 1. The van der Waals surface area contributed by atoms with Crippen molar-refractivity contribution in [2.75, 3.05) is 19.3 Å². The van der Waals surface area contributed by atoms with Gasteiger partial charge in [-0.3, -0.25) is 4.79 Å². The van der Waals surface area contributed by atoms with Crippen LogP contribution in [0.3, 0.4) is 0 Å². The fourth-order valence-corrected chi connectivity index (χ4v) is 3.73. The first-order valence-corrected chi connectivity index (χ1v) is 9.35. The number of carbonyl (C=O) groups excluding carboxylic acids is 1. The van der Waals surface area contributed by atoms with E-state index >= 15 is 0 Å². The number of rotatable bonds is 5. The van der Waals surface area contributed by atoms with Crippen LogP contribution in [-0.2, 0) is 10.0 Å². The Morgan fingerprint density at radius 1 is 1.41 bits per heavy atom. The van der Waals surface area contributed by atoms with E-state index in [4.69, 9.17) is 0 Å². The van der Waals surface area contributed by atoms with Gasteiger partial charge < -0.3 is 5.32 Å². The van der Waals surface area contributed by atoms with Crippen molar-refractivity contribution in [2.45, 2.75) is 32.7 Å². The number of nitrogens with one attached hydrogen (secondary N) is 1. The summed E-state index contributed by atoms with van der Waals surface area (Å²) >= 11 is 0. The highest BCUT2D eigenvalue weighted by Gasteiger charge is 2.37. The first kappa shape index (κ1) is 16.9. The molecule has 1 aliphatic heterocycles. The Morgan fingerprint density at radius 2 is 2.14 bits per heavy atom. The van der Waals surface area contributed by atoms with Gasteiger partial charge in [0.05, 0.1) is 6.26 Å². The van der Waals surface area contributed by atoms with E-state index in [1.54, 1.807) is 12.1 Å². The summed E-state index contributed by atoms with van der Waals surface area (Å²) in [5.74, 6) is -0.0985. The molecule has 0 unspecified atom stereocenters. The highest BCUT2D eigenvalue weighted by Crippen LogP contribution is 2.24. The lowest BCUT2D eigenvalue weighted by molar-refractivity contribution is 0.0924. The van der Waals surface area contributed by atoms with Gasteiger partial charge in [-0.2, -0.15) is 4.31 Å². The van der Waals surface area contributed by atoms with E-state index in [2.05, 4.69) is 17.2 Å². The molecule has 1 aliphatic rings. The topological polar surface area (TPSA) is 79.4 Å². The third-order valence-electron chi connectivity index (χ3n) is 3.97. The molecule has 7 heteroatoms. The van der Waals surface area contributed by atoms with Gasteiger partial charge in [-0.05, 0) is 31.4 Å². The molecule has 0 bridgehead atoms. The molecule has 1 aromatic rings. The predicted octanol–water partition coefficient (Wildman–Crippen LogP) is 1.18. The van der Waals surface area contributed by atoms with E-state index in [1.165, 1.54) is 10.6 Å². The molecule has 1 fully saturated rings. The maximum Gasteiger partial charge on any atom is 0.270 e. The van der Waals surface area contributed by atoms with Crippen LogP contribution in [0.1, 0.15) is 35.9 Å². The Hall–Kier alpha value is -1.47. The zero-order valence-corrected chi connectivity index (χ0v) is 14.1. The molecule has 2 atom stereocenters. The lowest BCUT2D eigenvalue weighted by atomic mass is 9.98. The smallest absolute Gasteiger partial charge is 0.270 e. The van der Waals surface area contributed by atoms with Crippen molar-refractivity contribution in [2.24, 2.45) is 5.92 Å². The average Bonchev–Trinajstić information content (AvgIpc) is 2.82. The van der Waals surface area contributed by atoms with Crippen LogP contribution in [-0.4, -0.2) is 49.0 Å². The first-order chi connectivity index (χ1) is 10.3. The number of carbonyl (C=O) groups is 1. The van der Waals surface area contributed by atoms with Crippen molar-refractivity contribution < 1.29 is 13.2 Å². The molecule has 122 valence electrons. The second-order valence-electron chi connectivity index (χ2n) is 5.87. The summed E-state index contributed by atoms with van der Waals surface area (Å²) < 4.78 is 24.9.